The van der Waals surface area contributed by atoms with Gasteiger partial charge < -0.3 is 14.0 Å². The van der Waals surface area contributed by atoms with E-state index in [0.717, 1.165) is 28.6 Å². The molecule has 0 aliphatic carbocycles. The number of thioether (sulfide) groups is 1. The molecule has 1 aliphatic rings. The molecule has 0 amide bonds. The van der Waals surface area contributed by atoms with Gasteiger partial charge in [-0.2, -0.15) is 0 Å². The fourth-order valence-electron chi connectivity index (χ4n) is 3.71. The van der Waals surface area contributed by atoms with E-state index in [1.807, 2.05) is 24.3 Å². The van der Waals surface area contributed by atoms with Crippen LogP contribution in [0.15, 0.2) is 41.6 Å². The lowest BCUT2D eigenvalue weighted by Gasteiger charge is -2.20. The minimum Gasteiger partial charge on any atom is -0.467 e. The highest BCUT2D eigenvalue weighted by atomic mass is 32.2. The number of aryl methyl sites for hydroxylation is 1. The van der Waals surface area contributed by atoms with Gasteiger partial charge >= 0.3 is 0 Å². The summed E-state index contributed by atoms with van der Waals surface area (Å²) in [5.74, 6) is 1.06. The van der Waals surface area contributed by atoms with Gasteiger partial charge in [-0.05, 0) is 13.0 Å². The third-order valence-corrected chi connectivity index (χ3v) is 5.90. The van der Waals surface area contributed by atoms with E-state index in [4.69, 9.17) is 14.5 Å². The summed E-state index contributed by atoms with van der Waals surface area (Å²) in [6.45, 7) is 3.24. The summed E-state index contributed by atoms with van der Waals surface area (Å²) < 4.78 is 13.0. The second kappa shape index (κ2) is 7.54. The average Bonchev–Trinajstić information content (AvgIpc) is 3.10. The van der Waals surface area contributed by atoms with Crippen molar-refractivity contribution in [2.45, 2.75) is 31.0 Å². The summed E-state index contributed by atoms with van der Waals surface area (Å²) in [7, 11) is 0. The highest BCUT2D eigenvalue weighted by Gasteiger charge is 2.21. The number of aromatic nitrogens is 4. The largest absolute Gasteiger partial charge is 0.467 e. The van der Waals surface area contributed by atoms with Crippen molar-refractivity contribution in [3.05, 3.63) is 57.6 Å². The average molecular weight is 423 g/mol. The first-order valence-corrected chi connectivity index (χ1v) is 10.4. The number of nitro benzene ring substituents is 1. The first-order chi connectivity index (χ1) is 14.7. The number of nitro groups is 1. The van der Waals surface area contributed by atoms with Crippen molar-refractivity contribution in [3.63, 3.8) is 0 Å². The molecule has 0 radical (unpaired) electrons. The number of fused-ring (bicyclic) bond motifs is 4. The van der Waals surface area contributed by atoms with Crippen LogP contribution in [0.25, 0.3) is 22.1 Å². The Morgan fingerprint density at radius 3 is 2.97 bits per heavy atom. The minimum absolute atomic E-state index is 0.0130. The van der Waals surface area contributed by atoms with Crippen LogP contribution in [-0.4, -0.2) is 31.5 Å². The van der Waals surface area contributed by atoms with Crippen molar-refractivity contribution in [2.24, 2.45) is 0 Å². The smallest absolute Gasteiger partial charge is 0.270 e. The Morgan fingerprint density at radius 1 is 1.27 bits per heavy atom. The van der Waals surface area contributed by atoms with Crippen molar-refractivity contribution in [1.82, 2.24) is 19.7 Å². The van der Waals surface area contributed by atoms with Crippen LogP contribution in [-0.2, 0) is 23.6 Å². The monoisotopic (exact) mass is 423 g/mol. The van der Waals surface area contributed by atoms with Crippen LogP contribution < -0.4 is 4.74 Å². The summed E-state index contributed by atoms with van der Waals surface area (Å²) in [4.78, 5) is 15.6. The van der Waals surface area contributed by atoms with Gasteiger partial charge in [-0.1, -0.05) is 30.0 Å². The SMILES string of the molecule is CCn1c2ccccc2c2nnc(SCc3cc([N+](=O)[O-])cc4c3OCOC4)nc21. The van der Waals surface area contributed by atoms with Gasteiger partial charge in [0.05, 0.1) is 17.0 Å². The molecule has 3 heterocycles. The molecule has 2 aromatic carbocycles. The van der Waals surface area contributed by atoms with E-state index in [1.54, 1.807) is 0 Å². The lowest BCUT2D eigenvalue weighted by molar-refractivity contribution is -0.385. The van der Waals surface area contributed by atoms with Crippen molar-refractivity contribution >= 4 is 39.5 Å². The predicted octanol–water partition coefficient (Wildman–Crippen LogP) is 4.07. The van der Waals surface area contributed by atoms with E-state index >= 15 is 0 Å². The molecular weight excluding hydrogens is 406 g/mol. The van der Waals surface area contributed by atoms with E-state index in [-0.39, 0.29) is 19.1 Å². The molecule has 0 unspecified atom stereocenters. The summed E-state index contributed by atoms with van der Waals surface area (Å²) in [5, 5.41) is 21.5. The molecule has 0 N–H and O–H groups in total. The van der Waals surface area contributed by atoms with Gasteiger partial charge in [0.2, 0.25) is 5.16 Å². The molecule has 30 heavy (non-hydrogen) atoms. The molecule has 5 rings (SSSR count). The predicted molar refractivity (Wildman–Crippen MR) is 111 cm³/mol. The lowest BCUT2D eigenvalue weighted by Crippen LogP contribution is -2.13. The van der Waals surface area contributed by atoms with Gasteiger partial charge in [-0.25, -0.2) is 4.98 Å². The Labute approximate surface area is 175 Å². The number of nitrogens with zero attached hydrogens (tertiary/aromatic N) is 5. The molecular formula is C20H17N5O4S. The van der Waals surface area contributed by atoms with E-state index in [2.05, 4.69) is 21.7 Å². The van der Waals surface area contributed by atoms with Crippen LogP contribution in [0.3, 0.4) is 0 Å². The Bertz CT molecular complexity index is 1290. The Balaban J connectivity index is 1.50. The third-order valence-electron chi connectivity index (χ3n) is 5.01. The van der Waals surface area contributed by atoms with Gasteiger partial charge in [0.25, 0.3) is 5.69 Å². The molecule has 9 nitrogen and oxygen atoms in total. The fraction of sp³-hybridized carbons (Fsp3) is 0.250. The zero-order chi connectivity index (χ0) is 20.7. The number of para-hydroxylation sites is 1. The Kier molecular flexibility index (Phi) is 4.72. The second-order valence-corrected chi connectivity index (χ2v) is 7.72. The quantitative estimate of drug-likeness (QED) is 0.269. The van der Waals surface area contributed by atoms with Crippen molar-refractivity contribution in [1.29, 1.82) is 0 Å². The van der Waals surface area contributed by atoms with E-state index in [1.165, 1.54) is 23.9 Å². The van der Waals surface area contributed by atoms with Gasteiger partial charge in [-0.3, -0.25) is 10.1 Å². The molecule has 0 fully saturated rings. The molecule has 2 aromatic heterocycles. The van der Waals surface area contributed by atoms with Crippen LogP contribution in [0, 0.1) is 10.1 Å². The molecule has 10 heteroatoms. The summed E-state index contributed by atoms with van der Waals surface area (Å²) in [6, 6.07) is 11.1. The van der Waals surface area contributed by atoms with E-state index < -0.39 is 4.92 Å². The zero-order valence-corrected chi connectivity index (χ0v) is 16.9. The van der Waals surface area contributed by atoms with Crippen molar-refractivity contribution in [2.75, 3.05) is 6.79 Å². The minimum atomic E-state index is -0.410. The van der Waals surface area contributed by atoms with E-state index in [0.29, 0.717) is 27.8 Å². The number of ether oxygens (including phenoxy) is 2. The Morgan fingerprint density at radius 2 is 2.13 bits per heavy atom. The number of hydrogen-bond donors (Lipinski definition) is 0. The molecule has 0 atom stereocenters. The van der Waals surface area contributed by atoms with Gasteiger partial charge in [0, 0.05) is 40.9 Å². The first-order valence-electron chi connectivity index (χ1n) is 9.41. The van der Waals surface area contributed by atoms with Gasteiger partial charge in [0.15, 0.2) is 12.4 Å². The van der Waals surface area contributed by atoms with Crippen LogP contribution in [0.1, 0.15) is 18.1 Å². The summed E-state index contributed by atoms with van der Waals surface area (Å²) >= 11 is 1.37. The highest BCUT2D eigenvalue weighted by Crippen LogP contribution is 2.36. The number of rotatable bonds is 5. The second-order valence-electron chi connectivity index (χ2n) is 6.78. The lowest BCUT2D eigenvalue weighted by atomic mass is 10.1. The summed E-state index contributed by atoms with van der Waals surface area (Å²) in [6.07, 6.45) is 0. The maximum absolute atomic E-state index is 11.3. The maximum Gasteiger partial charge on any atom is 0.270 e. The van der Waals surface area contributed by atoms with Gasteiger partial charge in [0.1, 0.15) is 11.3 Å². The normalized spacial score (nSPS) is 13.4. The van der Waals surface area contributed by atoms with Crippen LogP contribution in [0.2, 0.25) is 0 Å². The first kappa shape index (κ1) is 18.8. The Hall–Kier alpha value is -3.24. The molecule has 0 spiro atoms. The van der Waals surface area contributed by atoms with Crippen LogP contribution in [0.5, 0.6) is 5.75 Å². The topological polar surface area (TPSA) is 105 Å². The highest BCUT2D eigenvalue weighted by molar-refractivity contribution is 7.98. The van der Waals surface area contributed by atoms with Crippen LogP contribution in [0.4, 0.5) is 5.69 Å². The molecule has 0 bridgehead atoms. The number of non-ortho nitro benzene ring substituents is 1. The number of benzene rings is 2. The molecule has 1 aliphatic heterocycles. The standard InChI is InChI=1S/C20H17N5O4S/c1-2-24-16-6-4-3-5-15(16)17-19(24)21-20(23-22-17)30-10-13-8-14(25(26)27)7-12-9-28-11-29-18(12)13/h3-8H,2,9-11H2,1H3. The maximum atomic E-state index is 11.3. The van der Waals surface area contributed by atoms with Crippen LogP contribution >= 0.6 is 11.8 Å². The van der Waals surface area contributed by atoms with Gasteiger partial charge in [-0.15, -0.1) is 10.2 Å². The number of hydrogen-bond acceptors (Lipinski definition) is 8. The van der Waals surface area contributed by atoms with Crippen molar-refractivity contribution in [3.8, 4) is 5.75 Å². The summed E-state index contributed by atoms with van der Waals surface area (Å²) in [5.41, 5.74) is 4.02. The van der Waals surface area contributed by atoms with E-state index in [9.17, 15) is 10.1 Å². The zero-order valence-electron chi connectivity index (χ0n) is 16.1. The third kappa shape index (κ3) is 3.14. The van der Waals surface area contributed by atoms with Crippen molar-refractivity contribution < 1.29 is 14.4 Å². The fourth-order valence-corrected chi connectivity index (χ4v) is 4.45. The molecule has 4 aromatic rings. The molecule has 0 saturated carbocycles. The molecule has 0 saturated heterocycles. The molecule has 152 valence electrons.